The fourth-order valence-electron chi connectivity index (χ4n) is 1.22. The maximum absolute atomic E-state index is 11.1. The molecule has 0 bridgehead atoms. The van der Waals surface area contributed by atoms with Crippen molar-refractivity contribution >= 4 is 37.5 Å². The van der Waals surface area contributed by atoms with Gasteiger partial charge < -0.3 is 0 Å². The number of hydrogen-bond acceptors (Lipinski definition) is 6. The molecular weight excluding hydrogens is 294 g/mol. The molecule has 8 heteroatoms. The minimum Gasteiger partial charge on any atom is -0.298 e. The summed E-state index contributed by atoms with van der Waals surface area (Å²) in [6, 6.07) is 5.49. The average Bonchev–Trinajstić information content (AvgIpc) is 2.27. The van der Waals surface area contributed by atoms with Crippen LogP contribution in [0.4, 0.5) is 0 Å². The van der Waals surface area contributed by atoms with Gasteiger partial charge in [0.1, 0.15) is 16.1 Å². The average molecular weight is 307 g/mol. The molecule has 1 unspecified atom stereocenters. The molecule has 0 radical (unpaired) electrons. The van der Waals surface area contributed by atoms with Gasteiger partial charge in [-0.3, -0.25) is 9.35 Å². The summed E-state index contributed by atoms with van der Waals surface area (Å²) in [7, 11) is -1.50. The van der Waals surface area contributed by atoms with Gasteiger partial charge in [-0.1, -0.05) is 16.9 Å². The molecule has 1 N–H and O–H groups in total. The fraction of sp³-hybridized carbons (Fsp3) is 0.400. The van der Waals surface area contributed by atoms with Crippen molar-refractivity contribution in [3.8, 4) is 0 Å². The van der Waals surface area contributed by atoms with Crippen molar-refractivity contribution in [2.75, 3.05) is 5.75 Å². The van der Waals surface area contributed by atoms with E-state index in [1.807, 2.05) is 12.1 Å². The zero-order valence-electron chi connectivity index (χ0n) is 9.64. The lowest BCUT2D eigenvalue weighted by Crippen LogP contribution is -2.28. The predicted molar refractivity (Wildman–Crippen MR) is 73.2 cm³/mol. The number of carbonyl (C=O) groups excluding carboxylic acids is 1. The number of ketones is 1. The van der Waals surface area contributed by atoms with Crippen LogP contribution in [0.15, 0.2) is 29.4 Å². The fourth-order valence-corrected chi connectivity index (χ4v) is 4.17. The molecule has 100 valence electrons. The summed E-state index contributed by atoms with van der Waals surface area (Å²) in [5.74, 6) is -0.105. The van der Waals surface area contributed by atoms with Gasteiger partial charge in [-0.2, -0.15) is 8.42 Å². The van der Waals surface area contributed by atoms with Gasteiger partial charge in [0.15, 0.2) is 0 Å². The highest BCUT2D eigenvalue weighted by Gasteiger charge is 2.27. The van der Waals surface area contributed by atoms with E-state index in [-0.39, 0.29) is 6.42 Å². The first-order chi connectivity index (χ1) is 8.41. The third-order valence-corrected chi connectivity index (χ3v) is 5.64. The Morgan fingerprint density at radius 2 is 2.22 bits per heavy atom. The minimum atomic E-state index is -4.30. The maximum atomic E-state index is 11.1. The van der Waals surface area contributed by atoms with Crippen molar-refractivity contribution in [1.82, 2.24) is 4.98 Å². The maximum Gasteiger partial charge on any atom is 0.274 e. The molecule has 0 saturated heterocycles. The molecule has 5 nitrogen and oxygen atoms in total. The van der Waals surface area contributed by atoms with E-state index in [1.54, 1.807) is 12.3 Å². The van der Waals surface area contributed by atoms with E-state index in [2.05, 4.69) is 4.98 Å². The number of hydrogen-bond donors (Lipinski definition) is 1. The van der Waals surface area contributed by atoms with Gasteiger partial charge in [0, 0.05) is 11.9 Å². The van der Waals surface area contributed by atoms with E-state index >= 15 is 0 Å². The molecule has 1 atom stereocenters. The molecule has 1 rings (SSSR count). The molecular formula is C10H13NO4S3. The summed E-state index contributed by atoms with van der Waals surface area (Å²) in [5, 5.41) is -0.511. The van der Waals surface area contributed by atoms with Gasteiger partial charge in [0.05, 0.1) is 0 Å². The van der Waals surface area contributed by atoms with E-state index < -0.39 is 21.2 Å². The van der Waals surface area contributed by atoms with Gasteiger partial charge in [0.25, 0.3) is 10.1 Å². The van der Waals surface area contributed by atoms with Crippen molar-refractivity contribution in [3.05, 3.63) is 24.4 Å². The van der Waals surface area contributed by atoms with E-state index in [0.29, 0.717) is 5.75 Å². The summed E-state index contributed by atoms with van der Waals surface area (Å²) < 4.78 is 30.8. The SMILES string of the molecule is CC(=O)C(CCSSc1ccccn1)S(=O)(=O)O. The van der Waals surface area contributed by atoms with E-state index in [1.165, 1.54) is 21.6 Å². The Kier molecular flexibility index (Phi) is 6.13. The van der Waals surface area contributed by atoms with Crippen molar-refractivity contribution < 1.29 is 17.8 Å². The van der Waals surface area contributed by atoms with Crippen molar-refractivity contribution in [1.29, 1.82) is 0 Å². The van der Waals surface area contributed by atoms with Gasteiger partial charge >= 0.3 is 0 Å². The Balaban J connectivity index is 2.39. The number of pyridine rings is 1. The summed E-state index contributed by atoms with van der Waals surface area (Å²) in [6.07, 6.45) is 1.76. The zero-order valence-corrected chi connectivity index (χ0v) is 12.1. The Morgan fingerprint density at radius 1 is 1.50 bits per heavy atom. The summed E-state index contributed by atoms with van der Waals surface area (Å²) in [5.41, 5.74) is 0. The van der Waals surface area contributed by atoms with Gasteiger partial charge in [-0.05, 0) is 36.3 Å². The highest BCUT2D eigenvalue weighted by atomic mass is 33.1. The van der Waals surface area contributed by atoms with Gasteiger partial charge in [0.2, 0.25) is 0 Å². The molecule has 1 heterocycles. The third-order valence-electron chi connectivity index (χ3n) is 2.06. The quantitative estimate of drug-likeness (QED) is 0.469. The monoisotopic (exact) mass is 307 g/mol. The Morgan fingerprint density at radius 3 is 2.72 bits per heavy atom. The lowest BCUT2D eigenvalue weighted by atomic mass is 10.2. The van der Waals surface area contributed by atoms with E-state index in [0.717, 1.165) is 11.9 Å². The van der Waals surface area contributed by atoms with Crippen LogP contribution in [0.1, 0.15) is 13.3 Å². The predicted octanol–water partition coefficient (Wildman–Crippen LogP) is 2.06. The van der Waals surface area contributed by atoms with Crippen LogP contribution in [-0.2, 0) is 14.9 Å². The van der Waals surface area contributed by atoms with Crippen molar-refractivity contribution in [2.45, 2.75) is 23.6 Å². The second kappa shape index (κ2) is 7.13. The molecule has 0 aliphatic heterocycles. The lowest BCUT2D eigenvalue weighted by Gasteiger charge is -2.09. The van der Waals surface area contributed by atoms with Crippen LogP contribution in [0.2, 0.25) is 0 Å². The third kappa shape index (κ3) is 5.38. The van der Waals surface area contributed by atoms with Crippen LogP contribution in [0.25, 0.3) is 0 Å². The summed E-state index contributed by atoms with van der Waals surface area (Å²) >= 11 is 0. The normalized spacial score (nSPS) is 13.2. The van der Waals surface area contributed by atoms with E-state index in [4.69, 9.17) is 4.55 Å². The molecule has 0 fully saturated rings. The standard InChI is InChI=1S/C10H13NO4S3/c1-8(12)9(18(13,14)15)5-7-16-17-10-4-2-3-6-11-10/h2-4,6,9H,5,7H2,1H3,(H,13,14,15). The van der Waals surface area contributed by atoms with Crippen molar-refractivity contribution in [2.24, 2.45) is 0 Å². The highest BCUT2D eigenvalue weighted by molar-refractivity contribution is 8.76. The molecule has 0 amide bonds. The summed E-state index contributed by atoms with van der Waals surface area (Å²) in [4.78, 5) is 15.2. The number of nitrogens with zero attached hydrogens (tertiary/aromatic N) is 1. The summed E-state index contributed by atoms with van der Waals surface area (Å²) in [6.45, 7) is 1.16. The molecule has 1 aromatic rings. The van der Waals surface area contributed by atoms with E-state index in [9.17, 15) is 13.2 Å². The number of aromatic nitrogens is 1. The van der Waals surface area contributed by atoms with Gasteiger partial charge in [-0.25, -0.2) is 4.98 Å². The largest absolute Gasteiger partial charge is 0.298 e. The first-order valence-electron chi connectivity index (χ1n) is 5.08. The molecule has 18 heavy (non-hydrogen) atoms. The van der Waals surface area contributed by atoms with Crippen LogP contribution < -0.4 is 0 Å². The molecule has 0 aromatic carbocycles. The smallest absolute Gasteiger partial charge is 0.274 e. The Bertz CT molecular complexity index is 489. The molecule has 0 aliphatic rings. The number of carbonyl (C=O) groups is 1. The van der Waals surface area contributed by atoms with Crippen LogP contribution >= 0.6 is 21.6 Å². The molecule has 1 aromatic heterocycles. The van der Waals surface area contributed by atoms with Crippen molar-refractivity contribution in [3.63, 3.8) is 0 Å². The molecule has 0 spiro atoms. The lowest BCUT2D eigenvalue weighted by molar-refractivity contribution is -0.116. The number of Topliss-reactive ketones (excluding diaryl/α,β-unsaturated/α-hetero) is 1. The molecule has 0 aliphatic carbocycles. The van der Waals surface area contributed by atoms with Crippen LogP contribution in [-0.4, -0.2) is 34.7 Å². The van der Waals surface area contributed by atoms with Crippen LogP contribution in [0, 0.1) is 0 Å². The Hall–Kier alpha value is -0.570. The highest BCUT2D eigenvalue weighted by Crippen LogP contribution is 2.30. The second-order valence-electron chi connectivity index (χ2n) is 3.48. The first-order valence-corrected chi connectivity index (χ1v) is 8.90. The zero-order chi connectivity index (χ0) is 13.6. The van der Waals surface area contributed by atoms with Crippen LogP contribution in [0.3, 0.4) is 0 Å². The topological polar surface area (TPSA) is 84.3 Å². The first kappa shape index (κ1) is 15.5. The minimum absolute atomic E-state index is 0.0959. The van der Waals surface area contributed by atoms with Gasteiger partial charge in [-0.15, -0.1) is 0 Å². The van der Waals surface area contributed by atoms with Crippen LogP contribution in [0.5, 0.6) is 0 Å². The number of rotatable bonds is 7. The Labute approximate surface area is 114 Å². The molecule has 0 saturated carbocycles. The second-order valence-corrected chi connectivity index (χ2v) is 7.51.